The van der Waals surface area contributed by atoms with Crippen molar-refractivity contribution in [1.82, 2.24) is 35.7 Å². The number of fused-ring (bicyclic) bond motifs is 2. The van der Waals surface area contributed by atoms with Crippen LogP contribution in [0.3, 0.4) is 0 Å². The van der Waals surface area contributed by atoms with Gasteiger partial charge in [0.05, 0.1) is 11.7 Å². The molecule has 0 aromatic rings. The Bertz CT molecular complexity index is 1840. The molecule has 0 aromatic heterocycles. The minimum Gasteiger partial charge on any atom is -0.458 e. The van der Waals surface area contributed by atoms with Gasteiger partial charge in [0.15, 0.2) is 11.6 Å². The molecule has 69 heavy (non-hydrogen) atoms. The monoisotopic (exact) mass is 982 g/mol. The summed E-state index contributed by atoms with van der Waals surface area (Å²) in [5.74, 6) is -9.26. The zero-order valence-corrected chi connectivity index (χ0v) is 43.6. The van der Waals surface area contributed by atoms with E-state index in [1.54, 1.807) is 34.6 Å². The van der Waals surface area contributed by atoms with Gasteiger partial charge >= 0.3 is 5.97 Å². The Morgan fingerprint density at radius 3 is 2.14 bits per heavy atom. The van der Waals surface area contributed by atoms with Crippen LogP contribution in [0, 0.1) is 23.7 Å². The third-order valence-electron chi connectivity index (χ3n) is 14.9. The molecule has 4 saturated heterocycles. The van der Waals surface area contributed by atoms with E-state index in [0.29, 0.717) is 38.0 Å². The van der Waals surface area contributed by atoms with Crippen molar-refractivity contribution in [1.29, 1.82) is 0 Å². The number of nitrogens with zero attached hydrogens (tertiary/aromatic N) is 5. The van der Waals surface area contributed by atoms with Crippen LogP contribution in [0.2, 0.25) is 0 Å². The molecule has 4 rings (SSSR count). The number of hydrogen-bond acceptors (Lipinski definition) is 15. The summed E-state index contributed by atoms with van der Waals surface area (Å²) in [6, 6.07) is -7.62. The van der Waals surface area contributed by atoms with Crippen molar-refractivity contribution in [2.75, 3.05) is 48.0 Å². The lowest BCUT2D eigenvalue weighted by molar-refractivity contribution is -0.343. The van der Waals surface area contributed by atoms with Gasteiger partial charge in [-0.2, -0.15) is 0 Å². The van der Waals surface area contributed by atoms with Crippen molar-refractivity contribution >= 4 is 41.4 Å². The lowest BCUT2D eigenvalue weighted by Crippen LogP contribution is -2.70. The summed E-state index contributed by atoms with van der Waals surface area (Å²) in [4.78, 5) is 105. The molecule has 4 aliphatic heterocycles. The minimum absolute atomic E-state index is 0.0106. The van der Waals surface area contributed by atoms with E-state index in [1.165, 1.54) is 40.2 Å². The number of cyclic esters (lactones) is 1. The van der Waals surface area contributed by atoms with Crippen LogP contribution in [0.4, 0.5) is 0 Å². The smallest absolute Gasteiger partial charge is 0.332 e. The van der Waals surface area contributed by atoms with Gasteiger partial charge in [-0.3, -0.25) is 44.2 Å². The first-order chi connectivity index (χ1) is 32.3. The van der Waals surface area contributed by atoms with Crippen LogP contribution in [-0.2, 0) is 57.2 Å². The summed E-state index contributed by atoms with van der Waals surface area (Å²) in [6.45, 7) is 16.9. The van der Waals surface area contributed by atoms with Gasteiger partial charge in [0.25, 0.3) is 23.6 Å². The van der Waals surface area contributed by atoms with Crippen molar-refractivity contribution in [3.05, 3.63) is 0 Å². The highest BCUT2D eigenvalue weighted by atomic mass is 16.7. The highest BCUT2D eigenvalue weighted by molar-refractivity contribution is 5.97. The zero-order valence-electron chi connectivity index (χ0n) is 43.6. The van der Waals surface area contributed by atoms with Crippen LogP contribution >= 0.6 is 0 Å². The molecular formula is C48H83N7O14. The van der Waals surface area contributed by atoms with Gasteiger partial charge in [-0.15, -0.1) is 0 Å². The summed E-state index contributed by atoms with van der Waals surface area (Å²) < 4.78 is 30.9. The second-order valence-corrected chi connectivity index (χ2v) is 20.7. The highest BCUT2D eigenvalue weighted by Gasteiger charge is 2.61. The number of carbonyl (C=O) groups is 7. The number of ether oxygens (including phenoxy) is 5. The number of esters is 1. The molecule has 21 nitrogen and oxygen atoms in total. The molecule has 11 unspecified atom stereocenters. The Kier molecular flexibility index (Phi) is 20.0. The van der Waals surface area contributed by atoms with E-state index in [-0.39, 0.29) is 60.9 Å². The van der Waals surface area contributed by atoms with Crippen molar-refractivity contribution in [2.24, 2.45) is 23.7 Å². The van der Waals surface area contributed by atoms with Crippen LogP contribution in [0.1, 0.15) is 133 Å². The first kappa shape index (κ1) is 57.6. The Labute approximate surface area is 408 Å². The number of nitrogens with one attached hydrogen (secondary N) is 2. The molecule has 0 bridgehead atoms. The normalized spacial score (nSPS) is 32.8. The molecule has 4 heterocycles. The van der Waals surface area contributed by atoms with Crippen molar-refractivity contribution in [3.8, 4) is 0 Å². The van der Waals surface area contributed by atoms with E-state index in [1.807, 2.05) is 13.8 Å². The number of hydroxylamine groups is 4. The molecule has 4 fully saturated rings. The highest BCUT2D eigenvalue weighted by Crippen LogP contribution is 2.45. The predicted molar refractivity (Wildman–Crippen MR) is 249 cm³/mol. The van der Waals surface area contributed by atoms with Gasteiger partial charge in [-0.05, 0) is 82.5 Å². The number of hydrogen-bond donors (Lipinski definition) is 4. The number of rotatable bonds is 14. The SMILES string of the molecule is CCCCC1C(=O)N(O)CC(=O)N2NCCCC2C(=O)N2CCC(C)(OC)C2C(=O)N(O)C(C(C)C)C(=O)OC(C(C)C)C(NC(=O)C(C)(OC)C2(OC)CCC(CC(C)C)C(CC)O2)C(=O)N1C. The van der Waals surface area contributed by atoms with E-state index >= 15 is 9.59 Å². The maximum Gasteiger partial charge on any atom is 0.332 e. The maximum atomic E-state index is 15.3. The molecule has 4 aliphatic rings. The van der Waals surface area contributed by atoms with Gasteiger partial charge in [0, 0.05) is 47.9 Å². The molecular weight excluding hydrogens is 899 g/mol. The number of methoxy groups -OCH3 is 3. The summed E-state index contributed by atoms with van der Waals surface area (Å²) in [6.07, 6.45) is 2.21. The summed E-state index contributed by atoms with van der Waals surface area (Å²) in [5, 5.41) is 27.7. The molecule has 0 aliphatic carbocycles. The Hall–Kier alpha value is -3.99. The molecule has 21 heteroatoms. The number of unbranched alkanes of at least 4 members (excludes halogenated alkanes) is 1. The van der Waals surface area contributed by atoms with E-state index in [0.717, 1.165) is 16.3 Å². The fourth-order valence-corrected chi connectivity index (χ4v) is 10.6. The lowest BCUT2D eigenvalue weighted by Gasteiger charge is -2.51. The van der Waals surface area contributed by atoms with Gasteiger partial charge in [-0.1, -0.05) is 68.2 Å². The largest absolute Gasteiger partial charge is 0.458 e. The van der Waals surface area contributed by atoms with Crippen molar-refractivity contribution < 1.29 is 67.7 Å². The quantitative estimate of drug-likeness (QED) is 0.144. The average Bonchev–Trinajstić information content (AvgIpc) is 3.67. The predicted octanol–water partition coefficient (Wildman–Crippen LogP) is 3.03. The van der Waals surface area contributed by atoms with E-state index in [4.69, 9.17) is 23.7 Å². The average molecular weight is 982 g/mol. The topological polar surface area (TPSA) is 246 Å². The van der Waals surface area contributed by atoms with Crippen LogP contribution in [0.25, 0.3) is 0 Å². The van der Waals surface area contributed by atoms with Gasteiger partial charge in [0.2, 0.25) is 17.6 Å². The van der Waals surface area contributed by atoms with Crippen molar-refractivity contribution in [2.45, 2.75) is 193 Å². The number of amides is 6. The molecule has 394 valence electrons. The second-order valence-electron chi connectivity index (χ2n) is 20.7. The number of hydrazine groups is 1. The summed E-state index contributed by atoms with van der Waals surface area (Å²) in [7, 11) is 5.39. The molecule has 0 spiro atoms. The molecule has 0 saturated carbocycles. The molecule has 11 atom stereocenters. The molecule has 4 N–H and O–H groups in total. The van der Waals surface area contributed by atoms with Crippen molar-refractivity contribution in [3.63, 3.8) is 0 Å². The second kappa shape index (κ2) is 24.0. The van der Waals surface area contributed by atoms with Gasteiger partial charge < -0.3 is 38.8 Å². The van der Waals surface area contributed by atoms with Crippen LogP contribution < -0.4 is 10.7 Å². The Balaban J connectivity index is 1.92. The molecule has 0 radical (unpaired) electrons. The lowest BCUT2D eigenvalue weighted by atomic mass is 9.78. The summed E-state index contributed by atoms with van der Waals surface area (Å²) >= 11 is 0. The van der Waals surface area contributed by atoms with Gasteiger partial charge in [0.1, 0.15) is 36.8 Å². The third-order valence-corrected chi connectivity index (χ3v) is 14.9. The number of carbonyl (C=O) groups excluding carboxylic acids is 7. The van der Waals surface area contributed by atoms with Crippen LogP contribution in [0.5, 0.6) is 0 Å². The Morgan fingerprint density at radius 2 is 1.59 bits per heavy atom. The van der Waals surface area contributed by atoms with Crippen LogP contribution in [-0.4, -0.2) is 184 Å². The molecule has 0 aromatic carbocycles. The van der Waals surface area contributed by atoms with Crippen LogP contribution in [0.15, 0.2) is 0 Å². The Morgan fingerprint density at radius 1 is 0.928 bits per heavy atom. The van der Waals surface area contributed by atoms with E-state index in [9.17, 15) is 34.4 Å². The standard InChI is InChI=1S/C48H83N7O14/c1-15-17-19-32-41(58)53(63)27-35(56)54-33(20-18-24-49-54)40(57)52-25-23-46(9,65-12)39(52)43(60)55(64)37(29(5)6)44(61)68-38(30(7)8)36(42(59)51(32)11)50-45(62)47(10,66-13)48(67-14)22-21-31(26-28(3)4)34(16-2)69-48/h28-34,36-39,49,63-64H,15-27H2,1-14H3,(H,50,62). The fourth-order valence-electron chi connectivity index (χ4n) is 10.6. The third kappa shape index (κ3) is 11.9. The zero-order chi connectivity index (χ0) is 51.9. The van der Waals surface area contributed by atoms with E-state index < -0.39 is 113 Å². The van der Waals surface area contributed by atoms with E-state index in [2.05, 4.69) is 24.6 Å². The maximum absolute atomic E-state index is 15.3. The fraction of sp³-hybridized carbons (Fsp3) is 0.854. The molecule has 6 amide bonds. The minimum atomic E-state index is -1.94. The van der Waals surface area contributed by atoms with Gasteiger partial charge in [-0.25, -0.2) is 20.3 Å². The summed E-state index contributed by atoms with van der Waals surface area (Å²) in [5.41, 5.74) is -0.405. The first-order valence-electron chi connectivity index (χ1n) is 24.8. The first-order valence-corrected chi connectivity index (χ1v) is 24.8. The number of likely N-dealkylation sites (N-methyl/N-ethyl adjacent to an activating group) is 1.